The normalized spacial score (nSPS) is 16.6. The number of amides is 1. The summed E-state index contributed by atoms with van der Waals surface area (Å²) in [6, 6.07) is 4.84. The van der Waals surface area contributed by atoms with Crippen molar-refractivity contribution in [3.8, 4) is 11.1 Å². The Labute approximate surface area is 185 Å². The maximum Gasteiger partial charge on any atom is 0.267 e. The minimum atomic E-state index is -2.87. The van der Waals surface area contributed by atoms with Crippen molar-refractivity contribution in [3.05, 3.63) is 70.0 Å². The maximum atomic E-state index is 14.2. The molecule has 2 heterocycles. The number of anilines is 1. The van der Waals surface area contributed by atoms with Crippen LogP contribution in [0.4, 0.5) is 23.4 Å². The number of rotatable bonds is 6. The standard InChI is InChI=1S/C22H19F4N5O2/c1-11(2)20-15(12-3-13(5-14(23)4-12)16-7-22(16,25)26)6-19(33)31(30-20)9-18(32)29-21-17(24)8-27-10-28-21/h3-6,8,10-11,16H,7,9H2,1-2H3,(H,27,28,29,32)/t16-/m1/s1. The number of nitrogens with one attached hydrogen (secondary N) is 1. The van der Waals surface area contributed by atoms with E-state index >= 15 is 0 Å². The van der Waals surface area contributed by atoms with Gasteiger partial charge in [0, 0.05) is 18.1 Å². The van der Waals surface area contributed by atoms with E-state index in [4.69, 9.17) is 0 Å². The average Bonchev–Trinajstić information content (AvgIpc) is 3.38. The van der Waals surface area contributed by atoms with E-state index in [0.29, 0.717) is 11.3 Å². The van der Waals surface area contributed by atoms with E-state index in [1.165, 1.54) is 12.1 Å². The van der Waals surface area contributed by atoms with Crippen LogP contribution < -0.4 is 10.9 Å². The zero-order valence-electron chi connectivity index (χ0n) is 17.7. The molecule has 0 saturated heterocycles. The Hall–Kier alpha value is -3.63. The fourth-order valence-corrected chi connectivity index (χ4v) is 3.53. The van der Waals surface area contributed by atoms with E-state index in [9.17, 15) is 27.2 Å². The first kappa shape index (κ1) is 22.6. The van der Waals surface area contributed by atoms with Gasteiger partial charge >= 0.3 is 0 Å². The molecule has 1 atom stereocenters. The summed E-state index contributed by atoms with van der Waals surface area (Å²) < 4.78 is 55.8. The van der Waals surface area contributed by atoms with Crippen LogP contribution in [0, 0.1) is 11.6 Å². The lowest BCUT2D eigenvalue weighted by molar-refractivity contribution is -0.117. The van der Waals surface area contributed by atoms with Gasteiger partial charge in [-0.1, -0.05) is 19.9 Å². The topological polar surface area (TPSA) is 89.8 Å². The number of nitrogens with zero attached hydrogens (tertiary/aromatic N) is 4. The monoisotopic (exact) mass is 461 g/mol. The zero-order valence-corrected chi connectivity index (χ0v) is 17.7. The van der Waals surface area contributed by atoms with E-state index in [1.54, 1.807) is 13.8 Å². The Morgan fingerprint density at radius 2 is 1.97 bits per heavy atom. The van der Waals surface area contributed by atoms with Crippen molar-refractivity contribution >= 4 is 11.7 Å². The van der Waals surface area contributed by atoms with Crippen LogP contribution in [-0.2, 0) is 11.3 Å². The number of benzene rings is 1. The number of hydrogen-bond donors (Lipinski definition) is 1. The van der Waals surface area contributed by atoms with Crippen molar-refractivity contribution in [1.29, 1.82) is 0 Å². The third-order valence-electron chi connectivity index (χ3n) is 5.25. The van der Waals surface area contributed by atoms with Crippen LogP contribution in [0.1, 0.15) is 43.4 Å². The second-order valence-electron chi connectivity index (χ2n) is 8.15. The van der Waals surface area contributed by atoms with E-state index in [1.807, 2.05) is 0 Å². The van der Waals surface area contributed by atoms with Crippen molar-refractivity contribution < 1.29 is 22.4 Å². The summed E-state index contributed by atoms with van der Waals surface area (Å²) in [5.41, 5.74) is 0.393. The first-order valence-corrected chi connectivity index (χ1v) is 10.1. The lowest BCUT2D eigenvalue weighted by Gasteiger charge is -2.15. The molecule has 0 spiro atoms. The summed E-state index contributed by atoms with van der Waals surface area (Å²) in [6.07, 6.45) is 1.58. The largest absolute Gasteiger partial charge is 0.307 e. The molecule has 1 N–H and O–H groups in total. The highest BCUT2D eigenvalue weighted by Gasteiger charge is 2.57. The van der Waals surface area contributed by atoms with Gasteiger partial charge in [-0.2, -0.15) is 5.10 Å². The Balaban J connectivity index is 1.67. The predicted molar refractivity (Wildman–Crippen MR) is 111 cm³/mol. The molecule has 1 aliphatic rings. The fourth-order valence-electron chi connectivity index (χ4n) is 3.53. The maximum absolute atomic E-state index is 14.2. The van der Waals surface area contributed by atoms with Crippen LogP contribution >= 0.6 is 0 Å². The highest BCUT2D eigenvalue weighted by atomic mass is 19.3. The van der Waals surface area contributed by atoms with Crippen LogP contribution in [0.5, 0.6) is 0 Å². The van der Waals surface area contributed by atoms with Crippen molar-refractivity contribution in [2.24, 2.45) is 0 Å². The van der Waals surface area contributed by atoms with Gasteiger partial charge < -0.3 is 5.32 Å². The minimum Gasteiger partial charge on any atom is -0.307 e. The molecule has 1 saturated carbocycles. The molecule has 172 valence electrons. The summed E-state index contributed by atoms with van der Waals surface area (Å²) in [4.78, 5) is 32.1. The zero-order chi connectivity index (χ0) is 23.9. The molecule has 1 aromatic carbocycles. The smallest absolute Gasteiger partial charge is 0.267 e. The number of carbonyl (C=O) groups excluding carboxylic acids is 1. The van der Waals surface area contributed by atoms with Gasteiger partial charge in [-0.05, 0) is 29.2 Å². The Morgan fingerprint density at radius 3 is 2.61 bits per heavy atom. The molecule has 2 aromatic heterocycles. The van der Waals surface area contributed by atoms with Crippen molar-refractivity contribution in [1.82, 2.24) is 19.7 Å². The highest BCUT2D eigenvalue weighted by molar-refractivity contribution is 5.89. The van der Waals surface area contributed by atoms with E-state index < -0.39 is 41.5 Å². The van der Waals surface area contributed by atoms with Crippen LogP contribution in [-0.4, -0.2) is 31.6 Å². The third kappa shape index (κ3) is 4.76. The van der Waals surface area contributed by atoms with Crippen molar-refractivity contribution in [2.75, 3.05) is 5.32 Å². The first-order chi connectivity index (χ1) is 15.5. The van der Waals surface area contributed by atoms with Gasteiger partial charge in [0.1, 0.15) is 18.7 Å². The molecular weight excluding hydrogens is 442 g/mol. The van der Waals surface area contributed by atoms with Gasteiger partial charge in [0.2, 0.25) is 5.91 Å². The van der Waals surface area contributed by atoms with Crippen molar-refractivity contribution in [3.63, 3.8) is 0 Å². The van der Waals surface area contributed by atoms with Gasteiger partial charge in [-0.25, -0.2) is 32.2 Å². The van der Waals surface area contributed by atoms with Crippen LogP contribution in [0.3, 0.4) is 0 Å². The number of hydrogen-bond acceptors (Lipinski definition) is 5. The molecule has 1 fully saturated rings. The summed E-state index contributed by atoms with van der Waals surface area (Å²) >= 11 is 0. The van der Waals surface area contributed by atoms with Crippen molar-refractivity contribution in [2.45, 2.75) is 44.6 Å². The fraction of sp³-hybridized carbons (Fsp3) is 0.318. The summed E-state index contributed by atoms with van der Waals surface area (Å²) in [5.74, 6) is -6.80. The molecule has 3 aromatic rings. The molecule has 7 nitrogen and oxygen atoms in total. The lowest BCUT2D eigenvalue weighted by Crippen LogP contribution is -2.31. The van der Waals surface area contributed by atoms with Gasteiger partial charge in [-0.3, -0.25) is 9.59 Å². The number of halogens is 4. The Kier molecular flexibility index (Phi) is 5.73. The summed E-state index contributed by atoms with van der Waals surface area (Å²) in [7, 11) is 0. The number of aromatic nitrogens is 4. The Morgan fingerprint density at radius 1 is 1.24 bits per heavy atom. The first-order valence-electron chi connectivity index (χ1n) is 10.1. The van der Waals surface area contributed by atoms with E-state index in [-0.39, 0.29) is 29.3 Å². The molecule has 4 rings (SSSR count). The predicted octanol–water partition coefficient (Wildman–Crippen LogP) is 3.86. The summed E-state index contributed by atoms with van der Waals surface area (Å²) in [6.45, 7) is 3.05. The molecule has 0 radical (unpaired) electrons. The molecule has 0 aliphatic heterocycles. The third-order valence-corrected chi connectivity index (χ3v) is 5.25. The average molecular weight is 461 g/mol. The number of carbonyl (C=O) groups is 1. The molecule has 1 aliphatic carbocycles. The van der Waals surface area contributed by atoms with Gasteiger partial charge in [0.15, 0.2) is 11.6 Å². The van der Waals surface area contributed by atoms with E-state index in [0.717, 1.165) is 29.3 Å². The van der Waals surface area contributed by atoms with Gasteiger partial charge in [0.25, 0.3) is 11.5 Å². The molecule has 11 heteroatoms. The number of alkyl halides is 2. The van der Waals surface area contributed by atoms with Gasteiger partial charge in [-0.15, -0.1) is 0 Å². The Bertz CT molecular complexity index is 1290. The molecule has 33 heavy (non-hydrogen) atoms. The second kappa shape index (κ2) is 8.38. The second-order valence-corrected chi connectivity index (χ2v) is 8.15. The van der Waals surface area contributed by atoms with E-state index in [2.05, 4.69) is 20.4 Å². The van der Waals surface area contributed by atoms with Gasteiger partial charge in [0.05, 0.1) is 17.8 Å². The molecule has 0 unspecified atom stereocenters. The lowest BCUT2D eigenvalue weighted by atomic mass is 9.96. The summed E-state index contributed by atoms with van der Waals surface area (Å²) in [5, 5.41) is 6.48. The van der Waals surface area contributed by atoms with Crippen LogP contribution in [0.2, 0.25) is 0 Å². The molecule has 1 amide bonds. The SMILES string of the molecule is CC(C)c1nn(CC(=O)Nc2ncncc2F)c(=O)cc1-c1cc(F)cc([C@H]2CC2(F)F)c1. The highest BCUT2D eigenvalue weighted by Crippen LogP contribution is 2.56. The van der Waals surface area contributed by atoms with Crippen LogP contribution in [0.25, 0.3) is 11.1 Å². The quantitative estimate of drug-likeness (QED) is 0.563. The van der Waals surface area contributed by atoms with Crippen LogP contribution in [0.15, 0.2) is 41.6 Å². The molecule has 0 bridgehead atoms. The minimum absolute atomic E-state index is 0.153. The molecular formula is C22H19F4N5O2.